The molecule has 0 spiro atoms. The van der Waals surface area contributed by atoms with E-state index in [9.17, 15) is 18.0 Å². The lowest BCUT2D eigenvalue weighted by atomic mass is 10.1. The zero-order valence-corrected chi connectivity index (χ0v) is 21.1. The van der Waals surface area contributed by atoms with Gasteiger partial charge in [-0.3, -0.25) is 9.59 Å². The van der Waals surface area contributed by atoms with Crippen LogP contribution in [0.25, 0.3) is 10.9 Å². The van der Waals surface area contributed by atoms with Gasteiger partial charge >= 0.3 is 11.9 Å². The summed E-state index contributed by atoms with van der Waals surface area (Å²) < 4.78 is 55.6. The van der Waals surface area contributed by atoms with Crippen molar-refractivity contribution in [1.82, 2.24) is 3.97 Å². The molecule has 11 heteroatoms. The minimum Gasteiger partial charge on any atom is -0.496 e. The molecule has 0 radical (unpaired) electrons. The highest BCUT2D eigenvalue weighted by atomic mass is 32.2. The molecule has 0 aliphatic heterocycles. The average Bonchev–Trinajstić information content (AvgIpc) is 3.22. The van der Waals surface area contributed by atoms with Crippen LogP contribution in [0, 0.1) is 6.92 Å². The van der Waals surface area contributed by atoms with Gasteiger partial charge in [-0.05, 0) is 19.1 Å². The number of hydrogen-bond donors (Lipinski definition) is 0. The number of aryl methyl sites for hydroxylation is 1. The van der Waals surface area contributed by atoms with E-state index in [1.165, 1.54) is 59.6 Å². The first kappa shape index (κ1) is 25.9. The molecular formula is C24H27NO9S. The molecule has 3 aromatic rings. The van der Waals surface area contributed by atoms with Crippen molar-refractivity contribution < 1.29 is 41.7 Å². The predicted octanol–water partition coefficient (Wildman–Crippen LogP) is 3.38. The van der Waals surface area contributed by atoms with Crippen LogP contribution < -0.4 is 14.2 Å². The van der Waals surface area contributed by atoms with Crippen molar-refractivity contribution in [2.75, 3.05) is 27.9 Å². The fourth-order valence-electron chi connectivity index (χ4n) is 3.70. The van der Waals surface area contributed by atoms with Gasteiger partial charge < -0.3 is 23.7 Å². The highest BCUT2D eigenvalue weighted by Gasteiger charge is 2.32. The molecule has 35 heavy (non-hydrogen) atoms. The van der Waals surface area contributed by atoms with Crippen LogP contribution in [-0.4, -0.2) is 52.3 Å². The summed E-state index contributed by atoms with van der Waals surface area (Å²) in [6.45, 7) is 3.92. The standard InChI is InChI=1S/C24H27NO9S/c1-14-7-9-17(10-8-14)35(28,29)25-12-18(21(34-16(3)27)13-33-15(2)26)22-19(30-4)11-20(31-5)24(32-6)23(22)25/h7-12,21H,13H2,1-6H3. The summed E-state index contributed by atoms with van der Waals surface area (Å²) in [4.78, 5) is 23.4. The molecule has 1 heterocycles. The summed E-state index contributed by atoms with van der Waals surface area (Å²) >= 11 is 0. The second-order valence-corrected chi connectivity index (χ2v) is 9.45. The molecule has 0 fully saturated rings. The summed E-state index contributed by atoms with van der Waals surface area (Å²) in [6, 6.07) is 7.87. The molecular weight excluding hydrogens is 478 g/mol. The Hall–Kier alpha value is -3.73. The summed E-state index contributed by atoms with van der Waals surface area (Å²) in [5.74, 6) is -0.649. The Morgan fingerprint density at radius 1 is 0.943 bits per heavy atom. The van der Waals surface area contributed by atoms with Gasteiger partial charge in [-0.15, -0.1) is 0 Å². The lowest BCUT2D eigenvalue weighted by Gasteiger charge is -2.18. The summed E-state index contributed by atoms with van der Waals surface area (Å²) in [6.07, 6.45) is 0.182. The zero-order chi connectivity index (χ0) is 25.9. The molecule has 3 rings (SSSR count). The summed E-state index contributed by atoms with van der Waals surface area (Å²) in [5.41, 5.74) is 1.24. The molecule has 10 nitrogen and oxygen atoms in total. The van der Waals surface area contributed by atoms with Crippen LogP contribution in [0.15, 0.2) is 41.4 Å². The first-order valence-electron chi connectivity index (χ1n) is 10.5. The van der Waals surface area contributed by atoms with Crippen LogP contribution >= 0.6 is 0 Å². The Morgan fingerprint density at radius 2 is 1.57 bits per heavy atom. The van der Waals surface area contributed by atoms with E-state index in [4.69, 9.17) is 23.7 Å². The number of carbonyl (C=O) groups excluding carboxylic acids is 2. The highest BCUT2D eigenvalue weighted by molar-refractivity contribution is 7.90. The van der Waals surface area contributed by atoms with Gasteiger partial charge in [0, 0.05) is 31.7 Å². The van der Waals surface area contributed by atoms with Crippen LogP contribution in [0.4, 0.5) is 0 Å². The third-order valence-corrected chi connectivity index (χ3v) is 6.94. The van der Waals surface area contributed by atoms with Gasteiger partial charge in [0.25, 0.3) is 10.0 Å². The largest absolute Gasteiger partial charge is 0.496 e. The molecule has 0 amide bonds. The lowest BCUT2D eigenvalue weighted by Crippen LogP contribution is -2.17. The first-order valence-corrected chi connectivity index (χ1v) is 12.0. The van der Waals surface area contributed by atoms with Crippen LogP contribution in [-0.2, 0) is 29.1 Å². The molecule has 0 saturated heterocycles. The number of aromatic nitrogens is 1. The quantitative estimate of drug-likeness (QED) is 0.403. The minimum atomic E-state index is -4.16. The van der Waals surface area contributed by atoms with E-state index in [0.29, 0.717) is 5.39 Å². The lowest BCUT2D eigenvalue weighted by molar-refractivity contribution is -0.156. The third-order valence-electron chi connectivity index (χ3n) is 5.26. The number of ether oxygens (including phenoxy) is 5. The van der Waals surface area contributed by atoms with Crippen LogP contribution in [0.5, 0.6) is 17.2 Å². The number of fused-ring (bicyclic) bond motifs is 1. The van der Waals surface area contributed by atoms with Gasteiger partial charge in [0.15, 0.2) is 17.6 Å². The van der Waals surface area contributed by atoms with E-state index < -0.39 is 28.1 Å². The molecule has 0 bridgehead atoms. The molecule has 0 aliphatic carbocycles. The van der Waals surface area contributed by atoms with Crippen molar-refractivity contribution in [3.63, 3.8) is 0 Å². The maximum atomic E-state index is 13.8. The maximum Gasteiger partial charge on any atom is 0.303 e. The van der Waals surface area contributed by atoms with Crippen molar-refractivity contribution in [3.8, 4) is 17.2 Å². The van der Waals surface area contributed by atoms with Crippen molar-refractivity contribution in [2.45, 2.75) is 31.8 Å². The second kappa shape index (κ2) is 10.3. The number of benzene rings is 2. The number of rotatable bonds is 9. The van der Waals surface area contributed by atoms with E-state index in [1.54, 1.807) is 12.1 Å². The molecule has 1 aromatic heterocycles. The van der Waals surface area contributed by atoms with E-state index in [1.807, 2.05) is 6.92 Å². The molecule has 188 valence electrons. The van der Waals surface area contributed by atoms with Gasteiger partial charge in [0.2, 0.25) is 0 Å². The fraction of sp³-hybridized carbons (Fsp3) is 0.333. The van der Waals surface area contributed by atoms with E-state index in [-0.39, 0.29) is 39.8 Å². The Bertz CT molecular complexity index is 1360. The van der Waals surface area contributed by atoms with Crippen LogP contribution in [0.1, 0.15) is 31.1 Å². The van der Waals surface area contributed by atoms with Crippen molar-refractivity contribution in [3.05, 3.63) is 47.7 Å². The number of carbonyl (C=O) groups is 2. The van der Waals surface area contributed by atoms with Crippen LogP contribution in [0.3, 0.4) is 0 Å². The molecule has 1 unspecified atom stereocenters. The molecule has 2 aromatic carbocycles. The zero-order valence-electron chi connectivity index (χ0n) is 20.3. The van der Waals surface area contributed by atoms with Crippen molar-refractivity contribution in [2.24, 2.45) is 0 Å². The van der Waals surface area contributed by atoms with Gasteiger partial charge in [0.05, 0.1) is 31.6 Å². The van der Waals surface area contributed by atoms with Crippen molar-refractivity contribution >= 4 is 32.9 Å². The Kier molecular flexibility index (Phi) is 7.59. The normalized spacial score (nSPS) is 12.2. The van der Waals surface area contributed by atoms with Gasteiger partial charge in [-0.25, -0.2) is 12.4 Å². The smallest absolute Gasteiger partial charge is 0.303 e. The molecule has 1 atom stereocenters. The second-order valence-electron chi connectivity index (χ2n) is 7.64. The average molecular weight is 506 g/mol. The topological polar surface area (TPSA) is 119 Å². The molecule has 0 N–H and O–H groups in total. The Labute approximate surface area is 203 Å². The highest BCUT2D eigenvalue weighted by Crippen LogP contribution is 2.46. The van der Waals surface area contributed by atoms with E-state index >= 15 is 0 Å². The monoisotopic (exact) mass is 505 g/mol. The minimum absolute atomic E-state index is 0.0272. The van der Waals surface area contributed by atoms with Gasteiger partial charge in [0.1, 0.15) is 17.9 Å². The number of methoxy groups -OCH3 is 3. The third kappa shape index (κ3) is 5.04. The first-order chi connectivity index (χ1) is 16.5. The van der Waals surface area contributed by atoms with E-state index in [2.05, 4.69) is 0 Å². The number of hydrogen-bond acceptors (Lipinski definition) is 9. The SMILES string of the molecule is COc1cc(OC)c2c(C(COC(C)=O)OC(C)=O)cn(S(=O)(=O)c3ccc(C)cc3)c2c1OC. The van der Waals surface area contributed by atoms with Gasteiger partial charge in [-0.1, -0.05) is 17.7 Å². The summed E-state index contributed by atoms with van der Waals surface area (Å²) in [5, 5.41) is 0.291. The fourth-order valence-corrected chi connectivity index (χ4v) is 5.07. The Balaban J connectivity index is 2.44. The number of nitrogens with zero attached hydrogens (tertiary/aromatic N) is 1. The van der Waals surface area contributed by atoms with Gasteiger partial charge in [-0.2, -0.15) is 0 Å². The maximum absolute atomic E-state index is 13.8. The van der Waals surface area contributed by atoms with E-state index in [0.717, 1.165) is 9.54 Å². The van der Waals surface area contributed by atoms with Crippen molar-refractivity contribution in [1.29, 1.82) is 0 Å². The number of esters is 2. The Morgan fingerprint density at radius 3 is 2.09 bits per heavy atom. The molecule has 0 saturated carbocycles. The molecule has 0 aliphatic rings. The van der Waals surface area contributed by atoms with Crippen LogP contribution in [0.2, 0.25) is 0 Å². The summed E-state index contributed by atoms with van der Waals surface area (Å²) in [7, 11) is 0.0335. The predicted molar refractivity (Wildman–Crippen MR) is 126 cm³/mol.